The third-order valence-electron chi connectivity index (χ3n) is 5.63. The first-order valence-corrected chi connectivity index (χ1v) is 13.4. The molecule has 2 N–H and O–H groups in total. The van der Waals surface area contributed by atoms with Crippen molar-refractivity contribution in [2.75, 3.05) is 17.3 Å². The lowest BCUT2D eigenvalue weighted by Gasteiger charge is -2.42. The van der Waals surface area contributed by atoms with E-state index in [9.17, 15) is 14.9 Å². The molecule has 1 atom stereocenters. The third-order valence-corrected chi connectivity index (χ3v) is 8.71. The van der Waals surface area contributed by atoms with Gasteiger partial charge < -0.3 is 10.5 Å². The van der Waals surface area contributed by atoms with Gasteiger partial charge in [-0.25, -0.2) is 0 Å². The van der Waals surface area contributed by atoms with E-state index in [0.717, 1.165) is 15.5 Å². The fourth-order valence-corrected chi connectivity index (χ4v) is 6.97. The molecule has 34 heavy (non-hydrogen) atoms. The van der Waals surface area contributed by atoms with Crippen LogP contribution in [0.15, 0.2) is 39.1 Å². The number of aryl methyl sites for hydroxylation is 1. The van der Waals surface area contributed by atoms with E-state index in [0.29, 0.717) is 40.1 Å². The molecule has 0 aromatic carbocycles. The van der Waals surface area contributed by atoms with Crippen LogP contribution < -0.4 is 10.6 Å². The van der Waals surface area contributed by atoms with Gasteiger partial charge in [0.2, 0.25) is 5.13 Å². The van der Waals surface area contributed by atoms with Crippen molar-refractivity contribution >= 4 is 51.3 Å². The van der Waals surface area contributed by atoms with Gasteiger partial charge in [-0.2, -0.15) is 5.26 Å². The number of hydrogen-bond acceptors (Lipinski definition) is 11. The lowest BCUT2D eigenvalue weighted by molar-refractivity contribution is -0.139. The molecule has 0 saturated carbocycles. The lowest BCUT2D eigenvalue weighted by atomic mass is 9.70. The summed E-state index contributed by atoms with van der Waals surface area (Å²) in [6, 6.07) is 6.23. The van der Waals surface area contributed by atoms with Crippen LogP contribution in [0.4, 0.5) is 5.13 Å². The summed E-state index contributed by atoms with van der Waals surface area (Å²) >= 11 is 4.07. The number of nitrogens with zero attached hydrogens (tertiary/aromatic N) is 4. The van der Waals surface area contributed by atoms with E-state index in [1.54, 1.807) is 23.2 Å². The number of nitrogens with two attached hydrogens (primary N) is 1. The normalized spacial score (nSPS) is 19.8. The van der Waals surface area contributed by atoms with Crippen LogP contribution in [0.5, 0.6) is 0 Å². The summed E-state index contributed by atoms with van der Waals surface area (Å²) in [4.78, 5) is 29.0. The topological polar surface area (TPSA) is 122 Å². The second-order valence-electron chi connectivity index (χ2n) is 8.87. The average Bonchev–Trinajstić information content (AvgIpc) is 3.40. The highest BCUT2D eigenvalue weighted by Crippen LogP contribution is 2.51. The van der Waals surface area contributed by atoms with Gasteiger partial charge in [-0.3, -0.25) is 14.5 Å². The molecule has 178 valence electrons. The second kappa shape index (κ2) is 9.52. The van der Waals surface area contributed by atoms with E-state index in [1.165, 1.54) is 23.1 Å². The van der Waals surface area contributed by atoms with Crippen LogP contribution in [-0.4, -0.2) is 34.3 Å². The van der Waals surface area contributed by atoms with Crippen LogP contribution in [0, 0.1) is 23.7 Å². The van der Waals surface area contributed by atoms with Crippen LogP contribution in [-0.2, 0) is 14.3 Å². The minimum Gasteiger partial charge on any atom is -0.465 e. The first-order chi connectivity index (χ1) is 16.1. The Morgan fingerprint density at radius 3 is 2.76 bits per heavy atom. The number of Topliss-reactive ketones (excluding diaryl/α,β-unsaturated/α-hetero) is 1. The van der Waals surface area contributed by atoms with E-state index < -0.39 is 5.92 Å². The Labute approximate surface area is 210 Å². The summed E-state index contributed by atoms with van der Waals surface area (Å²) in [5, 5.41) is 19.1. The Bertz CT molecular complexity index is 1250. The minimum absolute atomic E-state index is 0.0222. The number of esters is 1. The molecule has 1 unspecified atom stereocenters. The molecule has 0 saturated heterocycles. The van der Waals surface area contributed by atoms with Gasteiger partial charge in [0.25, 0.3) is 0 Å². The highest BCUT2D eigenvalue weighted by Gasteiger charge is 2.45. The standard InChI is InChI=1S/C23H25N5O3S3/c1-5-31-17(30)11-32-22-27-26-21(34-22)28-14-8-23(3,4)9-15(29)19(14)18(13(10-24)20(28)25)16-7-6-12(2)33-16/h6-7,18H,5,8-9,11,25H2,1-4H3. The van der Waals surface area contributed by atoms with E-state index in [2.05, 4.69) is 30.1 Å². The number of nitriles is 1. The first kappa shape index (κ1) is 24.4. The number of ether oxygens (including phenoxy) is 1. The van der Waals surface area contributed by atoms with Crippen molar-refractivity contribution < 1.29 is 14.3 Å². The number of allylic oxidation sites excluding steroid dienone is 3. The average molecular weight is 516 g/mol. The van der Waals surface area contributed by atoms with Gasteiger partial charge >= 0.3 is 5.97 Å². The number of hydrogen-bond donors (Lipinski definition) is 1. The summed E-state index contributed by atoms with van der Waals surface area (Å²) in [5.74, 6) is -0.401. The highest BCUT2D eigenvalue weighted by atomic mass is 32.2. The van der Waals surface area contributed by atoms with Gasteiger partial charge in [-0.05, 0) is 37.8 Å². The van der Waals surface area contributed by atoms with Gasteiger partial charge in [0.05, 0.1) is 29.9 Å². The quantitative estimate of drug-likeness (QED) is 0.437. The van der Waals surface area contributed by atoms with E-state index in [4.69, 9.17) is 10.5 Å². The molecule has 0 bridgehead atoms. The Balaban J connectivity index is 1.79. The second-order valence-corrected chi connectivity index (χ2v) is 12.4. The Morgan fingerprint density at radius 1 is 1.35 bits per heavy atom. The molecule has 0 radical (unpaired) electrons. The van der Waals surface area contributed by atoms with Crippen LogP contribution >= 0.6 is 34.4 Å². The first-order valence-electron chi connectivity index (χ1n) is 10.8. The summed E-state index contributed by atoms with van der Waals surface area (Å²) < 4.78 is 5.55. The number of carbonyl (C=O) groups is 2. The maximum atomic E-state index is 13.5. The van der Waals surface area contributed by atoms with Gasteiger partial charge in [-0.1, -0.05) is 36.9 Å². The molecular formula is C23H25N5O3S3. The van der Waals surface area contributed by atoms with Crippen LogP contribution in [0.1, 0.15) is 49.3 Å². The zero-order valence-electron chi connectivity index (χ0n) is 19.4. The van der Waals surface area contributed by atoms with Gasteiger partial charge in [-0.15, -0.1) is 21.5 Å². The fourth-order valence-electron chi connectivity index (χ4n) is 4.29. The SMILES string of the molecule is CCOC(=O)CSc1nnc(N2C(N)=C(C#N)C(c3ccc(C)s3)C3=C2CC(C)(C)CC3=O)s1. The zero-order valence-corrected chi connectivity index (χ0v) is 21.8. The molecule has 11 heteroatoms. The van der Waals surface area contributed by atoms with Crippen molar-refractivity contribution in [1.29, 1.82) is 5.26 Å². The molecule has 2 aliphatic rings. The molecule has 3 heterocycles. The van der Waals surface area contributed by atoms with E-state index in [1.807, 2.05) is 19.1 Å². The van der Waals surface area contributed by atoms with Crippen molar-refractivity contribution in [2.24, 2.45) is 11.1 Å². The van der Waals surface area contributed by atoms with Crippen LogP contribution in [0.2, 0.25) is 0 Å². The van der Waals surface area contributed by atoms with Crippen molar-refractivity contribution in [3.63, 3.8) is 0 Å². The monoisotopic (exact) mass is 515 g/mol. The summed E-state index contributed by atoms with van der Waals surface area (Å²) in [5.41, 5.74) is 8.07. The molecule has 0 fully saturated rings. The lowest BCUT2D eigenvalue weighted by Crippen LogP contribution is -2.42. The predicted molar refractivity (Wildman–Crippen MR) is 133 cm³/mol. The summed E-state index contributed by atoms with van der Waals surface area (Å²) in [6.45, 7) is 8.18. The van der Waals surface area contributed by atoms with Crippen molar-refractivity contribution in [1.82, 2.24) is 10.2 Å². The highest BCUT2D eigenvalue weighted by molar-refractivity contribution is 8.01. The van der Waals surface area contributed by atoms with Gasteiger partial charge in [0, 0.05) is 27.4 Å². The molecule has 1 aliphatic carbocycles. The largest absolute Gasteiger partial charge is 0.465 e. The molecule has 1 aliphatic heterocycles. The molecular weight excluding hydrogens is 490 g/mol. The summed E-state index contributed by atoms with van der Waals surface area (Å²) in [6.07, 6.45) is 1.01. The smallest absolute Gasteiger partial charge is 0.316 e. The van der Waals surface area contributed by atoms with Crippen molar-refractivity contribution in [2.45, 2.75) is 50.8 Å². The third kappa shape index (κ3) is 4.62. The van der Waals surface area contributed by atoms with Gasteiger partial charge in [0.15, 0.2) is 10.1 Å². The predicted octanol–water partition coefficient (Wildman–Crippen LogP) is 4.50. The summed E-state index contributed by atoms with van der Waals surface area (Å²) in [7, 11) is 0. The molecule has 8 nitrogen and oxygen atoms in total. The van der Waals surface area contributed by atoms with Crippen LogP contribution in [0.3, 0.4) is 0 Å². The van der Waals surface area contributed by atoms with Gasteiger partial charge in [0.1, 0.15) is 5.82 Å². The number of aromatic nitrogens is 2. The fraction of sp³-hybridized carbons (Fsp3) is 0.435. The minimum atomic E-state index is -0.482. The Morgan fingerprint density at radius 2 is 2.12 bits per heavy atom. The number of anilines is 1. The number of thioether (sulfide) groups is 1. The Kier molecular flexibility index (Phi) is 6.85. The number of thiophene rings is 1. The zero-order chi connectivity index (χ0) is 24.6. The maximum Gasteiger partial charge on any atom is 0.316 e. The number of carbonyl (C=O) groups excluding carboxylic acids is 2. The number of ketones is 1. The molecule has 2 aromatic heterocycles. The molecule has 2 aromatic rings. The molecule has 4 rings (SSSR count). The molecule has 0 spiro atoms. The van der Waals surface area contributed by atoms with Crippen LogP contribution in [0.25, 0.3) is 0 Å². The van der Waals surface area contributed by atoms with E-state index >= 15 is 0 Å². The van der Waals surface area contributed by atoms with Crippen molar-refractivity contribution in [3.05, 3.63) is 44.6 Å². The van der Waals surface area contributed by atoms with E-state index in [-0.39, 0.29) is 28.7 Å². The maximum absolute atomic E-state index is 13.5. The Hall–Kier alpha value is -2.68. The number of rotatable bonds is 6. The van der Waals surface area contributed by atoms with Crippen molar-refractivity contribution in [3.8, 4) is 6.07 Å². The molecule has 0 amide bonds.